The van der Waals surface area contributed by atoms with Crippen molar-refractivity contribution in [2.24, 2.45) is 5.92 Å². The largest absolute Gasteiger partial charge is 0.465 e. The molecule has 0 saturated carbocycles. The van der Waals surface area contributed by atoms with Crippen molar-refractivity contribution in [3.8, 4) is 0 Å². The third-order valence-electron chi connectivity index (χ3n) is 3.75. The number of ether oxygens (including phenoxy) is 1. The molecule has 1 aromatic rings. The number of esters is 1. The average molecular weight is 293 g/mol. The maximum atomic E-state index is 13.0. The molecule has 1 saturated heterocycles. The first kappa shape index (κ1) is 15.5. The van der Waals surface area contributed by atoms with Crippen LogP contribution >= 0.6 is 0 Å². The highest BCUT2D eigenvalue weighted by Crippen LogP contribution is 2.31. The molecule has 0 aliphatic carbocycles. The van der Waals surface area contributed by atoms with Crippen LogP contribution in [-0.2, 0) is 14.3 Å². The molecule has 1 aromatic carbocycles. The zero-order valence-corrected chi connectivity index (χ0v) is 12.1. The molecule has 2 atom stereocenters. The van der Waals surface area contributed by atoms with Crippen LogP contribution in [0.15, 0.2) is 24.3 Å². The molecule has 114 valence electrons. The lowest BCUT2D eigenvalue weighted by molar-refractivity contribution is -0.150. The van der Waals surface area contributed by atoms with Gasteiger partial charge in [0.25, 0.3) is 0 Å². The maximum absolute atomic E-state index is 13.0. The van der Waals surface area contributed by atoms with Crippen molar-refractivity contribution in [1.82, 2.24) is 5.32 Å². The molecule has 0 unspecified atom stereocenters. The van der Waals surface area contributed by atoms with Crippen LogP contribution in [0.3, 0.4) is 0 Å². The molecule has 0 bridgehead atoms. The fourth-order valence-corrected chi connectivity index (χ4v) is 2.51. The molecule has 0 radical (unpaired) electrons. The second kappa shape index (κ2) is 7.20. The van der Waals surface area contributed by atoms with E-state index in [-0.39, 0.29) is 36.6 Å². The van der Waals surface area contributed by atoms with E-state index in [0.717, 1.165) is 18.4 Å². The van der Waals surface area contributed by atoms with E-state index in [1.54, 1.807) is 12.1 Å². The third kappa shape index (κ3) is 4.03. The number of rotatable bonds is 5. The molecule has 1 N–H and O–H groups in total. The Bertz CT molecular complexity index is 501. The average Bonchev–Trinajstić information content (AvgIpc) is 2.48. The molecule has 1 amide bonds. The smallest absolute Gasteiger partial charge is 0.311 e. The molecule has 1 aliphatic heterocycles. The van der Waals surface area contributed by atoms with Crippen molar-refractivity contribution < 1.29 is 18.7 Å². The number of piperidine rings is 1. The van der Waals surface area contributed by atoms with Crippen LogP contribution in [0.5, 0.6) is 0 Å². The Morgan fingerprint density at radius 1 is 1.38 bits per heavy atom. The van der Waals surface area contributed by atoms with Gasteiger partial charge in [0.2, 0.25) is 5.91 Å². The lowest BCUT2D eigenvalue weighted by atomic mass is 9.81. The summed E-state index contributed by atoms with van der Waals surface area (Å²) in [5.41, 5.74) is 0.795. The van der Waals surface area contributed by atoms with E-state index in [1.165, 1.54) is 12.1 Å². The summed E-state index contributed by atoms with van der Waals surface area (Å²) in [6.07, 6.45) is 2.00. The highest BCUT2D eigenvalue weighted by atomic mass is 19.1. The number of halogens is 1. The van der Waals surface area contributed by atoms with Crippen molar-refractivity contribution >= 4 is 11.9 Å². The zero-order chi connectivity index (χ0) is 15.2. The predicted molar refractivity (Wildman–Crippen MR) is 76.1 cm³/mol. The summed E-state index contributed by atoms with van der Waals surface area (Å²) in [5, 5.41) is 2.70. The van der Waals surface area contributed by atoms with E-state index in [1.807, 2.05) is 6.92 Å². The third-order valence-corrected chi connectivity index (χ3v) is 3.75. The van der Waals surface area contributed by atoms with Crippen molar-refractivity contribution in [3.63, 3.8) is 0 Å². The van der Waals surface area contributed by atoms with Gasteiger partial charge < -0.3 is 10.1 Å². The van der Waals surface area contributed by atoms with Crippen LogP contribution in [0, 0.1) is 11.7 Å². The molecule has 1 heterocycles. The first-order chi connectivity index (χ1) is 10.1. The van der Waals surface area contributed by atoms with Crippen LogP contribution in [0.1, 0.15) is 37.7 Å². The quantitative estimate of drug-likeness (QED) is 0.670. The van der Waals surface area contributed by atoms with Gasteiger partial charge in [-0.25, -0.2) is 4.39 Å². The lowest BCUT2D eigenvalue weighted by Gasteiger charge is -2.30. The zero-order valence-electron chi connectivity index (χ0n) is 12.1. The Hall–Kier alpha value is -1.91. The number of amides is 1. The second-order valence-corrected chi connectivity index (χ2v) is 5.29. The van der Waals surface area contributed by atoms with Gasteiger partial charge in [0.15, 0.2) is 0 Å². The summed E-state index contributed by atoms with van der Waals surface area (Å²) in [4.78, 5) is 23.8. The second-order valence-electron chi connectivity index (χ2n) is 5.29. The van der Waals surface area contributed by atoms with Crippen LogP contribution in [0.2, 0.25) is 0 Å². The molecule has 0 aromatic heterocycles. The summed E-state index contributed by atoms with van der Waals surface area (Å²) >= 11 is 0. The van der Waals surface area contributed by atoms with Crippen LogP contribution in [-0.4, -0.2) is 25.0 Å². The van der Waals surface area contributed by atoms with E-state index in [0.29, 0.717) is 6.61 Å². The van der Waals surface area contributed by atoms with Crippen molar-refractivity contribution in [1.29, 1.82) is 0 Å². The van der Waals surface area contributed by atoms with E-state index in [2.05, 4.69) is 5.32 Å². The number of hydrogen-bond acceptors (Lipinski definition) is 3. The van der Waals surface area contributed by atoms with Crippen LogP contribution in [0.25, 0.3) is 0 Å². The number of unbranched alkanes of at least 4 members (excludes halogenated alkanes) is 1. The fourth-order valence-electron chi connectivity index (χ4n) is 2.51. The minimum atomic E-state index is -0.412. The monoisotopic (exact) mass is 293 g/mol. The standard InChI is InChI=1S/C16H20FNO3/c1-2-3-8-21-16(20)14-10-18-15(19)9-13(14)11-4-6-12(17)7-5-11/h4-7,13-14H,2-3,8-10H2,1H3,(H,18,19)/t13-,14+/m0/s1. The topological polar surface area (TPSA) is 55.4 Å². The lowest BCUT2D eigenvalue weighted by Crippen LogP contribution is -2.43. The first-order valence-electron chi connectivity index (χ1n) is 7.30. The normalized spacial score (nSPS) is 21.7. The molecule has 0 spiro atoms. The Kier molecular flexibility index (Phi) is 5.31. The summed E-state index contributed by atoms with van der Waals surface area (Å²) in [7, 11) is 0. The molecule has 5 heteroatoms. The van der Waals surface area contributed by atoms with Gasteiger partial charge in [-0.05, 0) is 24.1 Å². The van der Waals surface area contributed by atoms with Crippen LogP contribution in [0.4, 0.5) is 4.39 Å². The molecule has 1 aliphatic rings. The summed E-state index contributed by atoms with van der Waals surface area (Å²) in [5.74, 6) is -1.39. The van der Waals surface area contributed by atoms with Gasteiger partial charge >= 0.3 is 5.97 Å². The van der Waals surface area contributed by atoms with E-state index >= 15 is 0 Å². The van der Waals surface area contributed by atoms with Gasteiger partial charge in [0.1, 0.15) is 5.82 Å². The van der Waals surface area contributed by atoms with Crippen molar-refractivity contribution in [2.75, 3.05) is 13.2 Å². The Morgan fingerprint density at radius 3 is 2.76 bits per heavy atom. The molecule has 2 rings (SSSR count). The Morgan fingerprint density at radius 2 is 2.10 bits per heavy atom. The molecular formula is C16H20FNO3. The van der Waals surface area contributed by atoms with Gasteiger partial charge in [0.05, 0.1) is 12.5 Å². The Labute approximate surface area is 123 Å². The Balaban J connectivity index is 2.11. The van der Waals surface area contributed by atoms with E-state index in [9.17, 15) is 14.0 Å². The van der Waals surface area contributed by atoms with Gasteiger partial charge in [0, 0.05) is 18.9 Å². The van der Waals surface area contributed by atoms with Gasteiger partial charge in [-0.2, -0.15) is 0 Å². The highest BCUT2D eigenvalue weighted by molar-refractivity contribution is 5.83. The number of hydrogen-bond donors (Lipinski definition) is 1. The molecule has 1 fully saturated rings. The van der Waals surface area contributed by atoms with Crippen molar-refractivity contribution in [2.45, 2.75) is 32.1 Å². The van der Waals surface area contributed by atoms with E-state index in [4.69, 9.17) is 4.74 Å². The van der Waals surface area contributed by atoms with Crippen LogP contribution < -0.4 is 5.32 Å². The number of nitrogens with one attached hydrogen (secondary N) is 1. The maximum Gasteiger partial charge on any atom is 0.311 e. The highest BCUT2D eigenvalue weighted by Gasteiger charge is 2.36. The molecular weight excluding hydrogens is 273 g/mol. The van der Waals surface area contributed by atoms with E-state index < -0.39 is 5.92 Å². The molecule has 4 nitrogen and oxygen atoms in total. The number of carbonyl (C=O) groups excluding carboxylic acids is 2. The van der Waals surface area contributed by atoms with Crippen molar-refractivity contribution in [3.05, 3.63) is 35.6 Å². The summed E-state index contributed by atoms with van der Waals surface area (Å²) < 4.78 is 18.3. The summed E-state index contributed by atoms with van der Waals surface area (Å²) in [6, 6.07) is 5.96. The molecule has 21 heavy (non-hydrogen) atoms. The minimum absolute atomic E-state index is 0.0954. The number of benzene rings is 1. The minimum Gasteiger partial charge on any atom is -0.465 e. The summed E-state index contributed by atoms with van der Waals surface area (Å²) in [6.45, 7) is 2.69. The van der Waals surface area contributed by atoms with Gasteiger partial charge in [-0.15, -0.1) is 0 Å². The fraction of sp³-hybridized carbons (Fsp3) is 0.500. The SMILES string of the molecule is CCCCOC(=O)[C@@H]1CNC(=O)C[C@H]1c1ccc(F)cc1. The first-order valence-corrected chi connectivity index (χ1v) is 7.30. The van der Waals surface area contributed by atoms with Gasteiger partial charge in [-0.1, -0.05) is 25.5 Å². The number of carbonyl (C=O) groups is 2. The van der Waals surface area contributed by atoms with Gasteiger partial charge in [-0.3, -0.25) is 9.59 Å². The predicted octanol–water partition coefficient (Wildman–Crippen LogP) is 2.39.